The van der Waals surface area contributed by atoms with Crippen LogP contribution in [-0.2, 0) is 11.2 Å². The van der Waals surface area contributed by atoms with Crippen LogP contribution in [0.4, 0.5) is 0 Å². The molecule has 0 saturated heterocycles. The maximum atomic E-state index is 5.79. The van der Waals surface area contributed by atoms with E-state index in [2.05, 4.69) is 42.3 Å². The number of ether oxygens (including phenoxy) is 1. The molecule has 0 saturated carbocycles. The molecule has 0 aliphatic rings. The predicted octanol–water partition coefficient (Wildman–Crippen LogP) is 2.74. The van der Waals surface area contributed by atoms with Crippen molar-refractivity contribution < 1.29 is 9.15 Å². The van der Waals surface area contributed by atoms with Crippen LogP contribution >= 0.6 is 0 Å². The highest BCUT2D eigenvalue weighted by atomic mass is 16.5. The molecule has 0 unspecified atom stereocenters. The van der Waals surface area contributed by atoms with Gasteiger partial charge in [-0.2, -0.15) is 0 Å². The first-order valence-electron chi connectivity index (χ1n) is 6.92. The molecule has 2 aromatic rings. The summed E-state index contributed by atoms with van der Waals surface area (Å²) >= 11 is 0. The van der Waals surface area contributed by atoms with Crippen LogP contribution in [-0.4, -0.2) is 31.8 Å². The average Bonchev–Trinajstić information content (AvgIpc) is 2.90. The van der Waals surface area contributed by atoms with E-state index in [-0.39, 0.29) is 0 Å². The number of aryl methyl sites for hydroxylation is 2. The quantitative estimate of drug-likeness (QED) is 0.789. The van der Waals surface area contributed by atoms with Crippen LogP contribution in [0.1, 0.15) is 17.0 Å². The Morgan fingerprint density at radius 2 is 2.05 bits per heavy atom. The number of oxazole rings is 1. The van der Waals surface area contributed by atoms with Gasteiger partial charge in [0.1, 0.15) is 0 Å². The number of hydrogen-bond acceptors (Lipinski definition) is 4. The molecule has 1 aromatic carbocycles. The van der Waals surface area contributed by atoms with E-state index < -0.39 is 0 Å². The molecule has 108 valence electrons. The normalized spacial score (nSPS) is 10.9. The second kappa shape index (κ2) is 7.22. The molecule has 0 bridgehead atoms. The minimum absolute atomic E-state index is 0.722. The van der Waals surface area contributed by atoms with Crippen molar-refractivity contribution >= 4 is 0 Å². The molecule has 0 aliphatic carbocycles. The summed E-state index contributed by atoms with van der Waals surface area (Å²) < 4.78 is 10.8. The van der Waals surface area contributed by atoms with Gasteiger partial charge >= 0.3 is 0 Å². The maximum absolute atomic E-state index is 5.79. The summed E-state index contributed by atoms with van der Waals surface area (Å²) in [6.07, 6.45) is 2.59. The molecule has 2 rings (SSSR count). The first-order chi connectivity index (χ1) is 9.70. The first kappa shape index (κ1) is 14.8. The van der Waals surface area contributed by atoms with Crippen LogP contribution in [0.5, 0.6) is 0 Å². The summed E-state index contributed by atoms with van der Waals surface area (Å²) in [6.45, 7) is 6.63. The Morgan fingerprint density at radius 3 is 2.80 bits per heavy atom. The fraction of sp³-hybridized carbons (Fsp3) is 0.438. The average molecular weight is 274 g/mol. The van der Waals surface area contributed by atoms with Crippen LogP contribution in [0, 0.1) is 13.8 Å². The van der Waals surface area contributed by atoms with Gasteiger partial charge < -0.3 is 14.5 Å². The standard InChI is InChI=1S/C16H22N2O2/c1-12-4-5-14(10-13(12)2)15-11-18-16(20-15)6-7-17-8-9-19-3/h4-5,10-11,17H,6-9H2,1-3H3. The maximum Gasteiger partial charge on any atom is 0.196 e. The van der Waals surface area contributed by atoms with Crippen molar-refractivity contribution in [2.75, 3.05) is 26.8 Å². The van der Waals surface area contributed by atoms with E-state index in [0.717, 1.165) is 43.3 Å². The lowest BCUT2D eigenvalue weighted by Crippen LogP contribution is -2.21. The van der Waals surface area contributed by atoms with E-state index in [4.69, 9.17) is 9.15 Å². The summed E-state index contributed by atoms with van der Waals surface area (Å²) in [5, 5.41) is 3.28. The van der Waals surface area contributed by atoms with Crippen molar-refractivity contribution in [3.63, 3.8) is 0 Å². The predicted molar refractivity (Wildman–Crippen MR) is 79.9 cm³/mol. The molecule has 1 N–H and O–H groups in total. The number of aromatic nitrogens is 1. The summed E-state index contributed by atoms with van der Waals surface area (Å²) in [7, 11) is 1.70. The van der Waals surface area contributed by atoms with Gasteiger partial charge in [-0.1, -0.05) is 12.1 Å². The van der Waals surface area contributed by atoms with Crippen LogP contribution in [0.2, 0.25) is 0 Å². The van der Waals surface area contributed by atoms with Crippen molar-refractivity contribution in [2.45, 2.75) is 20.3 Å². The molecule has 4 nitrogen and oxygen atoms in total. The molecule has 1 heterocycles. The monoisotopic (exact) mass is 274 g/mol. The lowest BCUT2D eigenvalue weighted by atomic mass is 10.1. The van der Waals surface area contributed by atoms with E-state index in [9.17, 15) is 0 Å². The highest BCUT2D eigenvalue weighted by Gasteiger charge is 2.07. The Kier molecular flexibility index (Phi) is 5.32. The number of rotatable bonds is 7. The SMILES string of the molecule is COCCNCCc1ncc(-c2ccc(C)c(C)c2)o1. The zero-order valence-corrected chi connectivity index (χ0v) is 12.4. The minimum Gasteiger partial charge on any atom is -0.441 e. The summed E-state index contributed by atoms with van der Waals surface area (Å²) in [6, 6.07) is 6.32. The molecule has 0 radical (unpaired) electrons. The molecule has 20 heavy (non-hydrogen) atoms. The van der Waals surface area contributed by atoms with Gasteiger partial charge in [0.15, 0.2) is 11.7 Å². The first-order valence-corrected chi connectivity index (χ1v) is 6.92. The number of methoxy groups -OCH3 is 1. The Bertz CT molecular complexity index is 549. The third-order valence-corrected chi connectivity index (χ3v) is 3.34. The van der Waals surface area contributed by atoms with E-state index in [1.54, 1.807) is 13.3 Å². The molecule has 0 aliphatic heterocycles. The fourth-order valence-electron chi connectivity index (χ4n) is 1.95. The molecule has 1 aromatic heterocycles. The Morgan fingerprint density at radius 1 is 1.20 bits per heavy atom. The van der Waals surface area contributed by atoms with Crippen LogP contribution in [0.3, 0.4) is 0 Å². The Balaban J connectivity index is 1.93. The second-order valence-corrected chi connectivity index (χ2v) is 4.91. The van der Waals surface area contributed by atoms with Gasteiger partial charge in [-0.3, -0.25) is 0 Å². The van der Waals surface area contributed by atoms with E-state index >= 15 is 0 Å². The van der Waals surface area contributed by atoms with Crippen molar-refractivity contribution in [3.8, 4) is 11.3 Å². The zero-order chi connectivity index (χ0) is 14.4. The van der Waals surface area contributed by atoms with Crippen molar-refractivity contribution in [2.24, 2.45) is 0 Å². The second-order valence-electron chi connectivity index (χ2n) is 4.91. The van der Waals surface area contributed by atoms with Crippen molar-refractivity contribution in [1.29, 1.82) is 0 Å². The topological polar surface area (TPSA) is 47.3 Å². The van der Waals surface area contributed by atoms with Gasteiger partial charge in [0.05, 0.1) is 12.8 Å². The van der Waals surface area contributed by atoms with E-state index in [1.807, 2.05) is 0 Å². The molecular formula is C16H22N2O2. The molecule has 4 heteroatoms. The number of hydrogen-bond donors (Lipinski definition) is 1. The summed E-state index contributed by atoms with van der Waals surface area (Å²) in [5.41, 5.74) is 3.64. The van der Waals surface area contributed by atoms with Gasteiger partial charge in [0.2, 0.25) is 0 Å². The van der Waals surface area contributed by atoms with Gasteiger partial charge in [-0.25, -0.2) is 4.98 Å². The Hall–Kier alpha value is -1.65. The summed E-state index contributed by atoms with van der Waals surface area (Å²) in [5.74, 6) is 1.60. The van der Waals surface area contributed by atoms with E-state index in [1.165, 1.54) is 11.1 Å². The van der Waals surface area contributed by atoms with Gasteiger partial charge in [-0.15, -0.1) is 0 Å². The van der Waals surface area contributed by atoms with Crippen molar-refractivity contribution in [3.05, 3.63) is 41.4 Å². The fourth-order valence-corrected chi connectivity index (χ4v) is 1.95. The van der Waals surface area contributed by atoms with Crippen LogP contribution < -0.4 is 5.32 Å². The van der Waals surface area contributed by atoms with Crippen LogP contribution in [0.25, 0.3) is 11.3 Å². The van der Waals surface area contributed by atoms with Gasteiger partial charge in [0.25, 0.3) is 0 Å². The third kappa shape index (κ3) is 3.92. The molecule has 0 amide bonds. The zero-order valence-electron chi connectivity index (χ0n) is 12.4. The smallest absolute Gasteiger partial charge is 0.196 e. The van der Waals surface area contributed by atoms with E-state index in [0.29, 0.717) is 0 Å². The lowest BCUT2D eigenvalue weighted by molar-refractivity contribution is 0.199. The molecule has 0 spiro atoms. The highest BCUT2D eigenvalue weighted by Crippen LogP contribution is 2.22. The largest absolute Gasteiger partial charge is 0.441 e. The number of nitrogens with one attached hydrogen (secondary N) is 1. The highest BCUT2D eigenvalue weighted by molar-refractivity contribution is 5.58. The molecular weight excluding hydrogens is 252 g/mol. The number of nitrogens with zero attached hydrogens (tertiary/aromatic N) is 1. The number of benzene rings is 1. The van der Waals surface area contributed by atoms with Gasteiger partial charge in [-0.05, 0) is 31.0 Å². The van der Waals surface area contributed by atoms with Crippen molar-refractivity contribution in [1.82, 2.24) is 10.3 Å². The molecule has 0 fully saturated rings. The Labute approximate surface area is 120 Å². The third-order valence-electron chi connectivity index (χ3n) is 3.34. The summed E-state index contributed by atoms with van der Waals surface area (Å²) in [4.78, 5) is 4.32. The lowest BCUT2D eigenvalue weighted by Gasteiger charge is -2.02. The molecule has 0 atom stereocenters. The van der Waals surface area contributed by atoms with Gasteiger partial charge in [0, 0.05) is 32.2 Å². The van der Waals surface area contributed by atoms with Crippen LogP contribution in [0.15, 0.2) is 28.8 Å². The minimum atomic E-state index is 0.722.